The lowest BCUT2D eigenvalue weighted by Gasteiger charge is -2.00. The minimum absolute atomic E-state index is 0.335. The summed E-state index contributed by atoms with van der Waals surface area (Å²) in [4.78, 5) is 3.95. The highest BCUT2D eigenvalue weighted by Crippen LogP contribution is 2.28. The van der Waals surface area contributed by atoms with Crippen molar-refractivity contribution in [3.63, 3.8) is 0 Å². The Labute approximate surface area is 84.1 Å². The summed E-state index contributed by atoms with van der Waals surface area (Å²) in [6, 6.07) is 4.20. The number of hydrogen-bond acceptors (Lipinski definition) is 1. The minimum atomic E-state index is -0.335. The van der Waals surface area contributed by atoms with Gasteiger partial charge in [0.25, 0.3) is 0 Å². The highest BCUT2D eigenvalue weighted by Gasteiger charge is 2.04. The fraction of sp³-hybridized carbons (Fsp3) is 0. The molecule has 66 valence electrons. The lowest BCUT2D eigenvalue weighted by Crippen LogP contribution is -1.82. The van der Waals surface area contributed by atoms with Crippen molar-refractivity contribution >= 4 is 34.1 Å². The Balaban J connectivity index is 2.87. The highest BCUT2D eigenvalue weighted by molar-refractivity contribution is 6.45. The molecule has 0 aliphatic rings. The van der Waals surface area contributed by atoms with Crippen LogP contribution in [0.1, 0.15) is 0 Å². The first-order chi connectivity index (χ1) is 6.18. The molecule has 0 unspecified atom stereocenters. The van der Waals surface area contributed by atoms with Gasteiger partial charge in [0, 0.05) is 17.6 Å². The van der Waals surface area contributed by atoms with Crippen LogP contribution in [0.2, 0.25) is 10.0 Å². The molecular formula is C9H4Cl2FN. The van der Waals surface area contributed by atoms with Gasteiger partial charge in [-0.05, 0) is 12.1 Å². The van der Waals surface area contributed by atoms with Gasteiger partial charge in [0.1, 0.15) is 5.82 Å². The van der Waals surface area contributed by atoms with Crippen molar-refractivity contribution in [1.29, 1.82) is 0 Å². The van der Waals surface area contributed by atoms with Gasteiger partial charge in [0.2, 0.25) is 0 Å². The van der Waals surface area contributed by atoms with E-state index in [4.69, 9.17) is 23.2 Å². The molecule has 0 spiro atoms. The van der Waals surface area contributed by atoms with Crippen molar-refractivity contribution in [2.24, 2.45) is 0 Å². The van der Waals surface area contributed by atoms with E-state index in [9.17, 15) is 4.39 Å². The van der Waals surface area contributed by atoms with E-state index in [2.05, 4.69) is 4.98 Å². The summed E-state index contributed by atoms with van der Waals surface area (Å²) in [5.41, 5.74) is 0.509. The topological polar surface area (TPSA) is 12.9 Å². The molecule has 1 nitrogen and oxygen atoms in total. The van der Waals surface area contributed by atoms with Crippen LogP contribution >= 0.6 is 23.2 Å². The van der Waals surface area contributed by atoms with E-state index in [0.717, 1.165) is 0 Å². The van der Waals surface area contributed by atoms with Gasteiger partial charge in [0.15, 0.2) is 0 Å². The number of nitrogens with zero attached hydrogens (tertiary/aromatic N) is 1. The number of benzene rings is 1. The van der Waals surface area contributed by atoms with E-state index in [1.807, 2.05) is 0 Å². The van der Waals surface area contributed by atoms with E-state index in [1.54, 1.807) is 6.07 Å². The number of aromatic nitrogens is 1. The van der Waals surface area contributed by atoms with Crippen molar-refractivity contribution in [3.05, 3.63) is 40.3 Å². The van der Waals surface area contributed by atoms with Crippen LogP contribution in [0.25, 0.3) is 10.9 Å². The number of rotatable bonds is 0. The Hall–Kier alpha value is -0.860. The molecule has 0 saturated heterocycles. The van der Waals surface area contributed by atoms with Crippen LogP contribution < -0.4 is 0 Å². The molecule has 0 bridgehead atoms. The summed E-state index contributed by atoms with van der Waals surface area (Å²) in [5, 5.41) is 1.45. The normalized spacial score (nSPS) is 10.7. The van der Waals surface area contributed by atoms with E-state index < -0.39 is 0 Å². The van der Waals surface area contributed by atoms with Crippen molar-refractivity contribution < 1.29 is 4.39 Å². The summed E-state index contributed by atoms with van der Waals surface area (Å²) in [6.07, 6.45) is 1.41. The standard InChI is InChI=1S/C9H4Cl2FN/c10-7-4-13-8-3-5(12)1-2-6(8)9(7)11/h1-4H. The Bertz CT molecular complexity index is 470. The van der Waals surface area contributed by atoms with Crippen LogP contribution in [0, 0.1) is 5.82 Å². The minimum Gasteiger partial charge on any atom is -0.254 e. The summed E-state index contributed by atoms with van der Waals surface area (Å²) < 4.78 is 12.8. The molecule has 0 radical (unpaired) electrons. The number of halogens is 3. The van der Waals surface area contributed by atoms with Crippen molar-refractivity contribution in [1.82, 2.24) is 4.98 Å². The lowest BCUT2D eigenvalue weighted by molar-refractivity contribution is 0.629. The predicted octanol–water partition coefficient (Wildman–Crippen LogP) is 3.68. The molecule has 0 atom stereocenters. The van der Waals surface area contributed by atoms with E-state index >= 15 is 0 Å². The average molecular weight is 216 g/mol. The van der Waals surface area contributed by atoms with Gasteiger partial charge in [-0.1, -0.05) is 23.2 Å². The second-order valence-electron chi connectivity index (χ2n) is 2.58. The second-order valence-corrected chi connectivity index (χ2v) is 3.37. The molecule has 1 aromatic heterocycles. The fourth-order valence-corrected chi connectivity index (χ4v) is 1.47. The van der Waals surface area contributed by atoms with E-state index in [1.165, 1.54) is 18.3 Å². The maximum absolute atomic E-state index is 12.8. The van der Waals surface area contributed by atoms with Crippen molar-refractivity contribution in [2.75, 3.05) is 0 Å². The van der Waals surface area contributed by atoms with E-state index in [0.29, 0.717) is 20.9 Å². The molecule has 13 heavy (non-hydrogen) atoms. The average Bonchev–Trinajstić information content (AvgIpc) is 2.12. The third kappa shape index (κ3) is 1.47. The zero-order valence-electron chi connectivity index (χ0n) is 6.39. The van der Waals surface area contributed by atoms with Crippen molar-refractivity contribution in [3.8, 4) is 0 Å². The third-order valence-corrected chi connectivity index (χ3v) is 2.51. The molecule has 1 aromatic carbocycles. The maximum Gasteiger partial charge on any atom is 0.125 e. The predicted molar refractivity (Wildman–Crippen MR) is 51.7 cm³/mol. The number of fused-ring (bicyclic) bond motifs is 1. The van der Waals surface area contributed by atoms with Gasteiger partial charge in [-0.2, -0.15) is 0 Å². The van der Waals surface area contributed by atoms with Gasteiger partial charge in [0.05, 0.1) is 15.6 Å². The smallest absolute Gasteiger partial charge is 0.125 e. The third-order valence-electron chi connectivity index (χ3n) is 1.72. The SMILES string of the molecule is Fc1ccc2c(Cl)c(Cl)cnc2c1. The van der Waals surface area contributed by atoms with Gasteiger partial charge >= 0.3 is 0 Å². The lowest BCUT2D eigenvalue weighted by atomic mass is 10.2. The molecule has 0 fully saturated rings. The molecule has 0 N–H and O–H groups in total. The largest absolute Gasteiger partial charge is 0.254 e. The first-order valence-corrected chi connectivity index (χ1v) is 4.33. The molecule has 0 aliphatic carbocycles. The first-order valence-electron chi connectivity index (χ1n) is 3.58. The summed E-state index contributed by atoms with van der Waals surface area (Å²) >= 11 is 11.6. The summed E-state index contributed by atoms with van der Waals surface area (Å²) in [7, 11) is 0. The van der Waals surface area contributed by atoms with Crippen LogP contribution in [0.3, 0.4) is 0 Å². The van der Waals surface area contributed by atoms with E-state index in [-0.39, 0.29) is 5.82 Å². The van der Waals surface area contributed by atoms with Crippen LogP contribution in [-0.4, -0.2) is 4.98 Å². The van der Waals surface area contributed by atoms with Gasteiger partial charge in [-0.3, -0.25) is 4.98 Å². The molecule has 2 aromatic rings. The number of pyridine rings is 1. The molecule has 4 heteroatoms. The summed E-state index contributed by atoms with van der Waals surface area (Å²) in [6.45, 7) is 0. The van der Waals surface area contributed by atoms with Crippen LogP contribution in [0.5, 0.6) is 0 Å². The molecule has 2 rings (SSSR count). The van der Waals surface area contributed by atoms with Crippen molar-refractivity contribution in [2.45, 2.75) is 0 Å². The molecule has 0 amide bonds. The van der Waals surface area contributed by atoms with Gasteiger partial charge in [-0.15, -0.1) is 0 Å². The highest BCUT2D eigenvalue weighted by atomic mass is 35.5. The van der Waals surface area contributed by atoms with Gasteiger partial charge in [-0.25, -0.2) is 4.39 Å². The quantitative estimate of drug-likeness (QED) is 0.654. The Morgan fingerprint density at radius 1 is 1.23 bits per heavy atom. The molecular weight excluding hydrogens is 212 g/mol. The number of hydrogen-bond donors (Lipinski definition) is 0. The molecule has 0 aliphatic heterocycles. The van der Waals surface area contributed by atoms with Crippen LogP contribution in [0.15, 0.2) is 24.4 Å². The monoisotopic (exact) mass is 215 g/mol. The maximum atomic E-state index is 12.8. The van der Waals surface area contributed by atoms with Gasteiger partial charge < -0.3 is 0 Å². The fourth-order valence-electron chi connectivity index (χ4n) is 1.11. The summed E-state index contributed by atoms with van der Waals surface area (Å²) in [5.74, 6) is -0.335. The zero-order chi connectivity index (χ0) is 9.42. The Morgan fingerprint density at radius 3 is 2.77 bits per heavy atom. The molecule has 1 heterocycles. The zero-order valence-corrected chi connectivity index (χ0v) is 7.90. The second kappa shape index (κ2) is 3.13. The first kappa shape index (κ1) is 8.73. The Kier molecular flexibility index (Phi) is 2.10. The van der Waals surface area contributed by atoms with Crippen LogP contribution in [-0.2, 0) is 0 Å². The Morgan fingerprint density at radius 2 is 2.00 bits per heavy atom. The van der Waals surface area contributed by atoms with Crippen LogP contribution in [0.4, 0.5) is 4.39 Å². The molecule has 0 saturated carbocycles.